The van der Waals surface area contributed by atoms with E-state index < -0.39 is 0 Å². The van der Waals surface area contributed by atoms with Crippen molar-refractivity contribution in [3.8, 4) is 17.2 Å². The highest BCUT2D eigenvalue weighted by molar-refractivity contribution is 7.15. The second-order valence-electron chi connectivity index (χ2n) is 6.97. The maximum Gasteiger partial charge on any atom is 0.226 e. The van der Waals surface area contributed by atoms with Gasteiger partial charge in [-0.15, -0.1) is 11.3 Å². The lowest BCUT2D eigenvalue weighted by molar-refractivity contribution is -0.116. The van der Waals surface area contributed by atoms with Crippen LogP contribution in [0.15, 0.2) is 36.5 Å². The summed E-state index contributed by atoms with van der Waals surface area (Å²) in [6.07, 6.45) is 3.05. The van der Waals surface area contributed by atoms with E-state index in [9.17, 15) is 9.18 Å². The Morgan fingerprint density at radius 2 is 1.77 bits per heavy atom. The number of methoxy groups -OCH3 is 3. The summed E-state index contributed by atoms with van der Waals surface area (Å²) < 4.78 is 29.7. The number of rotatable bonds is 9. The van der Waals surface area contributed by atoms with Crippen LogP contribution in [0.3, 0.4) is 0 Å². The van der Waals surface area contributed by atoms with Gasteiger partial charge in [-0.25, -0.2) is 9.37 Å². The Morgan fingerprint density at radius 1 is 1.06 bits per heavy atom. The molecule has 1 heterocycles. The Kier molecular flexibility index (Phi) is 7.46. The number of ether oxygens (including phenoxy) is 3. The topological polar surface area (TPSA) is 69.7 Å². The first kappa shape index (κ1) is 22.6. The van der Waals surface area contributed by atoms with Gasteiger partial charge in [0.1, 0.15) is 5.82 Å². The fourth-order valence-electron chi connectivity index (χ4n) is 3.11. The van der Waals surface area contributed by atoms with E-state index in [1.165, 1.54) is 17.4 Å². The molecular formula is C23H25FN2O4S. The molecule has 0 aliphatic rings. The number of hydrogen-bond donors (Lipinski definition) is 1. The van der Waals surface area contributed by atoms with Crippen LogP contribution < -0.4 is 19.5 Å². The van der Waals surface area contributed by atoms with Crippen LogP contribution in [0.25, 0.3) is 0 Å². The van der Waals surface area contributed by atoms with Crippen LogP contribution in [0.1, 0.15) is 28.0 Å². The fraction of sp³-hybridized carbons (Fsp3) is 0.304. The van der Waals surface area contributed by atoms with Crippen molar-refractivity contribution in [2.45, 2.75) is 26.2 Å². The van der Waals surface area contributed by atoms with Crippen LogP contribution in [0, 0.1) is 12.7 Å². The molecule has 1 aromatic heterocycles. The number of hydrogen-bond acceptors (Lipinski definition) is 6. The van der Waals surface area contributed by atoms with Gasteiger partial charge in [-0.2, -0.15) is 0 Å². The van der Waals surface area contributed by atoms with E-state index in [0.717, 1.165) is 16.0 Å². The molecule has 31 heavy (non-hydrogen) atoms. The molecular weight excluding hydrogens is 419 g/mol. The molecule has 0 aliphatic carbocycles. The minimum Gasteiger partial charge on any atom is -0.493 e. The fourth-order valence-corrected chi connectivity index (χ4v) is 3.98. The number of benzene rings is 2. The lowest BCUT2D eigenvalue weighted by Gasteiger charge is -2.14. The first-order valence-corrected chi connectivity index (χ1v) is 10.5. The van der Waals surface area contributed by atoms with Gasteiger partial charge in [0.25, 0.3) is 0 Å². The predicted molar refractivity (Wildman–Crippen MR) is 119 cm³/mol. The average molecular weight is 445 g/mol. The minimum absolute atomic E-state index is 0.143. The number of anilines is 1. The number of carbonyl (C=O) groups excluding carboxylic acids is 1. The highest BCUT2D eigenvalue weighted by atomic mass is 32.1. The Labute approximate surface area is 185 Å². The predicted octanol–water partition coefficient (Wildman–Crippen LogP) is 4.78. The number of aryl methyl sites for hydroxylation is 2. The number of carbonyl (C=O) groups is 1. The molecule has 2 aromatic carbocycles. The zero-order valence-corrected chi connectivity index (χ0v) is 18.8. The van der Waals surface area contributed by atoms with E-state index in [-0.39, 0.29) is 18.1 Å². The third-order valence-corrected chi connectivity index (χ3v) is 5.69. The lowest BCUT2D eigenvalue weighted by atomic mass is 10.1. The monoisotopic (exact) mass is 444 g/mol. The Hall–Kier alpha value is -3.13. The first-order valence-electron chi connectivity index (χ1n) is 9.72. The van der Waals surface area contributed by atoms with Gasteiger partial charge in [-0.3, -0.25) is 4.79 Å². The second kappa shape index (κ2) is 10.3. The molecule has 0 atom stereocenters. The van der Waals surface area contributed by atoms with E-state index >= 15 is 0 Å². The van der Waals surface area contributed by atoms with E-state index in [1.807, 2.05) is 18.2 Å². The molecule has 0 spiro atoms. The summed E-state index contributed by atoms with van der Waals surface area (Å²) in [5, 5.41) is 3.35. The van der Waals surface area contributed by atoms with Crippen LogP contribution in [0.5, 0.6) is 17.2 Å². The van der Waals surface area contributed by atoms with Gasteiger partial charge in [-0.05, 0) is 48.2 Å². The van der Waals surface area contributed by atoms with Crippen molar-refractivity contribution >= 4 is 22.4 Å². The summed E-state index contributed by atoms with van der Waals surface area (Å²) in [7, 11) is 4.66. The smallest absolute Gasteiger partial charge is 0.226 e. The zero-order valence-electron chi connectivity index (χ0n) is 18.0. The largest absolute Gasteiger partial charge is 0.493 e. The summed E-state index contributed by atoms with van der Waals surface area (Å²) in [6.45, 7) is 1.73. The molecule has 8 heteroatoms. The van der Waals surface area contributed by atoms with Crippen molar-refractivity contribution in [3.63, 3.8) is 0 Å². The van der Waals surface area contributed by atoms with Crippen molar-refractivity contribution in [1.82, 2.24) is 4.98 Å². The second-order valence-corrected chi connectivity index (χ2v) is 8.09. The first-order chi connectivity index (χ1) is 14.9. The van der Waals surface area contributed by atoms with Crippen molar-refractivity contribution < 1.29 is 23.4 Å². The molecule has 0 unspecified atom stereocenters. The van der Waals surface area contributed by atoms with Crippen LogP contribution in [-0.4, -0.2) is 32.2 Å². The van der Waals surface area contributed by atoms with Gasteiger partial charge in [0, 0.05) is 23.9 Å². The van der Waals surface area contributed by atoms with Crippen LogP contribution in [-0.2, 0) is 17.6 Å². The maximum atomic E-state index is 13.7. The van der Waals surface area contributed by atoms with E-state index in [4.69, 9.17) is 14.2 Å². The maximum absolute atomic E-state index is 13.7. The van der Waals surface area contributed by atoms with Crippen molar-refractivity contribution in [1.29, 1.82) is 0 Å². The SMILES string of the molecule is COc1cc(CCC(=O)Nc2ncc(Cc3ccc(C)c(F)c3)s2)cc(OC)c1OC. The number of thiazole rings is 1. The zero-order chi connectivity index (χ0) is 22.4. The Balaban J connectivity index is 1.58. The number of halogens is 1. The van der Waals surface area contributed by atoms with Gasteiger partial charge < -0.3 is 19.5 Å². The molecule has 0 saturated heterocycles. The number of nitrogens with one attached hydrogen (secondary N) is 1. The van der Waals surface area contributed by atoms with Gasteiger partial charge >= 0.3 is 0 Å². The summed E-state index contributed by atoms with van der Waals surface area (Å²) in [6, 6.07) is 8.85. The average Bonchev–Trinajstić information content (AvgIpc) is 3.20. The van der Waals surface area contributed by atoms with Crippen LogP contribution in [0.2, 0.25) is 0 Å². The highest BCUT2D eigenvalue weighted by Gasteiger charge is 2.14. The number of amides is 1. The Bertz CT molecular complexity index is 1040. The van der Waals surface area contributed by atoms with Crippen molar-refractivity contribution in [3.05, 3.63) is 63.9 Å². The summed E-state index contributed by atoms with van der Waals surface area (Å²) in [4.78, 5) is 17.6. The normalized spacial score (nSPS) is 10.6. The molecule has 0 bridgehead atoms. The number of aromatic nitrogens is 1. The molecule has 164 valence electrons. The Morgan fingerprint density at radius 3 is 2.39 bits per heavy atom. The third kappa shape index (κ3) is 5.73. The van der Waals surface area contributed by atoms with Crippen molar-refractivity contribution in [2.24, 2.45) is 0 Å². The van der Waals surface area contributed by atoms with Crippen LogP contribution >= 0.6 is 11.3 Å². The van der Waals surface area contributed by atoms with Gasteiger partial charge in [0.15, 0.2) is 16.6 Å². The van der Waals surface area contributed by atoms with Gasteiger partial charge in [0.05, 0.1) is 21.3 Å². The van der Waals surface area contributed by atoms with Crippen molar-refractivity contribution in [2.75, 3.05) is 26.6 Å². The van der Waals surface area contributed by atoms with Crippen LogP contribution in [0.4, 0.5) is 9.52 Å². The quantitative estimate of drug-likeness (QED) is 0.514. The molecule has 0 radical (unpaired) electrons. The van der Waals surface area contributed by atoms with E-state index in [2.05, 4.69) is 10.3 Å². The molecule has 1 amide bonds. The minimum atomic E-state index is -0.220. The molecule has 0 aliphatic heterocycles. The standard InChI is InChI=1S/C23H25FN2O4S/c1-14-5-6-15(10-18(14)24)9-17-13-25-23(31-17)26-21(27)8-7-16-11-19(28-2)22(30-4)20(12-16)29-3/h5-6,10-13H,7-9H2,1-4H3,(H,25,26,27). The van der Waals surface area contributed by atoms with E-state index in [1.54, 1.807) is 40.5 Å². The summed E-state index contributed by atoms with van der Waals surface area (Å²) in [5.74, 6) is 1.25. The molecule has 3 aromatic rings. The summed E-state index contributed by atoms with van der Waals surface area (Å²) >= 11 is 1.38. The molecule has 3 rings (SSSR count). The lowest BCUT2D eigenvalue weighted by Crippen LogP contribution is -2.12. The third-order valence-electron chi connectivity index (χ3n) is 4.78. The highest BCUT2D eigenvalue weighted by Crippen LogP contribution is 2.38. The molecule has 0 fully saturated rings. The van der Waals surface area contributed by atoms with Gasteiger partial charge in [-0.1, -0.05) is 12.1 Å². The molecule has 6 nitrogen and oxygen atoms in total. The van der Waals surface area contributed by atoms with E-state index in [0.29, 0.717) is 40.8 Å². The molecule has 1 N–H and O–H groups in total. The molecule has 0 saturated carbocycles. The number of nitrogens with zero attached hydrogens (tertiary/aromatic N) is 1. The summed E-state index contributed by atoms with van der Waals surface area (Å²) in [5.41, 5.74) is 2.38. The van der Waals surface area contributed by atoms with Gasteiger partial charge in [0.2, 0.25) is 11.7 Å².